The van der Waals surface area contributed by atoms with Crippen LogP contribution < -0.4 is 10.3 Å². The molecule has 0 atom stereocenters. The maximum atomic E-state index is 14.9. The highest BCUT2D eigenvalue weighted by Gasteiger charge is 2.30. The molecule has 0 bridgehead atoms. The monoisotopic (exact) mass is 396 g/mol. The predicted octanol–water partition coefficient (Wildman–Crippen LogP) is 3.43. The van der Waals surface area contributed by atoms with Crippen molar-refractivity contribution in [2.24, 2.45) is 0 Å². The zero-order valence-corrected chi connectivity index (χ0v) is 15.8. The summed E-state index contributed by atoms with van der Waals surface area (Å²) in [7, 11) is 0. The number of aliphatic hydroxyl groups excluding tert-OH is 1. The van der Waals surface area contributed by atoms with Crippen molar-refractivity contribution in [1.82, 2.24) is 4.57 Å². The minimum Gasteiger partial charge on any atom is -0.477 e. The summed E-state index contributed by atoms with van der Waals surface area (Å²) in [6.07, 6.45) is 4.30. The SMILES string of the molecule is CCN(CCCCO)c1c(F)cc2c(=O)c(C(=O)O)cn(C3CC3)c2c1Cl. The average Bonchev–Trinajstić information content (AvgIpc) is 3.46. The van der Waals surface area contributed by atoms with Gasteiger partial charge in [0, 0.05) is 31.9 Å². The molecule has 1 fully saturated rings. The summed E-state index contributed by atoms with van der Waals surface area (Å²) in [5, 5.41) is 18.4. The molecule has 0 radical (unpaired) electrons. The summed E-state index contributed by atoms with van der Waals surface area (Å²) < 4.78 is 16.6. The third kappa shape index (κ3) is 3.66. The van der Waals surface area contributed by atoms with E-state index in [9.17, 15) is 19.1 Å². The Morgan fingerprint density at radius 3 is 2.67 bits per heavy atom. The highest BCUT2D eigenvalue weighted by atomic mass is 35.5. The Morgan fingerprint density at radius 2 is 2.11 bits per heavy atom. The predicted molar refractivity (Wildman–Crippen MR) is 103 cm³/mol. The number of hydrogen-bond acceptors (Lipinski definition) is 4. The third-order valence-corrected chi connectivity index (χ3v) is 5.25. The van der Waals surface area contributed by atoms with Gasteiger partial charge in [-0.2, -0.15) is 0 Å². The van der Waals surface area contributed by atoms with E-state index in [0.29, 0.717) is 31.4 Å². The number of fused-ring (bicyclic) bond motifs is 1. The lowest BCUT2D eigenvalue weighted by molar-refractivity contribution is 0.0695. The molecule has 2 N–H and O–H groups in total. The number of aromatic carboxylic acids is 1. The number of pyridine rings is 1. The van der Waals surface area contributed by atoms with Gasteiger partial charge in [0.05, 0.1) is 21.6 Å². The molecule has 6 nitrogen and oxygen atoms in total. The zero-order valence-electron chi connectivity index (χ0n) is 15.0. The van der Waals surface area contributed by atoms with E-state index in [2.05, 4.69) is 0 Å². The number of carboxylic acid groups (broad SMARTS) is 1. The molecule has 3 rings (SSSR count). The van der Waals surface area contributed by atoms with Gasteiger partial charge >= 0.3 is 5.97 Å². The standard InChI is InChI=1S/C19H22ClFN2O4/c1-2-22(7-3-4-8-24)17-14(21)9-12-16(15(17)20)23(11-5-6-11)10-13(18(12)25)19(26)27/h9-11,24H,2-8H2,1H3,(H,26,27). The molecule has 0 saturated heterocycles. The van der Waals surface area contributed by atoms with E-state index in [1.165, 1.54) is 6.20 Å². The third-order valence-electron chi connectivity index (χ3n) is 4.89. The summed E-state index contributed by atoms with van der Waals surface area (Å²) in [4.78, 5) is 25.8. The van der Waals surface area contributed by atoms with Gasteiger partial charge in [-0.15, -0.1) is 0 Å². The first-order valence-electron chi connectivity index (χ1n) is 9.06. The molecule has 1 saturated carbocycles. The molecule has 0 amide bonds. The van der Waals surface area contributed by atoms with Crippen LogP contribution in [0.3, 0.4) is 0 Å². The Morgan fingerprint density at radius 1 is 1.41 bits per heavy atom. The summed E-state index contributed by atoms with van der Waals surface area (Å²) in [5.74, 6) is -1.99. The van der Waals surface area contributed by atoms with Crippen LogP contribution in [0, 0.1) is 5.82 Å². The average molecular weight is 397 g/mol. The minimum atomic E-state index is -1.34. The molecule has 0 unspecified atom stereocenters. The number of benzene rings is 1. The molecule has 27 heavy (non-hydrogen) atoms. The fourth-order valence-corrected chi connectivity index (χ4v) is 3.77. The molecule has 0 aliphatic heterocycles. The second-order valence-electron chi connectivity index (χ2n) is 6.74. The second kappa shape index (κ2) is 7.86. The Kier molecular flexibility index (Phi) is 5.72. The largest absolute Gasteiger partial charge is 0.477 e. The molecule has 1 aromatic carbocycles. The van der Waals surface area contributed by atoms with Crippen LogP contribution in [0.25, 0.3) is 10.9 Å². The van der Waals surface area contributed by atoms with Gasteiger partial charge in [-0.25, -0.2) is 9.18 Å². The van der Waals surface area contributed by atoms with Crippen molar-refractivity contribution in [2.75, 3.05) is 24.6 Å². The van der Waals surface area contributed by atoms with Crippen molar-refractivity contribution in [2.45, 2.75) is 38.6 Å². The summed E-state index contributed by atoms with van der Waals surface area (Å²) >= 11 is 6.58. The lowest BCUT2D eigenvalue weighted by Gasteiger charge is -2.26. The fraction of sp³-hybridized carbons (Fsp3) is 0.474. The molecule has 1 heterocycles. The number of carbonyl (C=O) groups is 1. The van der Waals surface area contributed by atoms with Crippen LogP contribution in [0.1, 0.15) is 49.0 Å². The van der Waals surface area contributed by atoms with Crippen molar-refractivity contribution >= 4 is 34.2 Å². The minimum absolute atomic E-state index is 0.0144. The molecule has 1 aliphatic rings. The second-order valence-corrected chi connectivity index (χ2v) is 7.12. The number of anilines is 1. The van der Waals surface area contributed by atoms with Crippen molar-refractivity contribution < 1.29 is 19.4 Å². The van der Waals surface area contributed by atoms with E-state index < -0.39 is 17.2 Å². The summed E-state index contributed by atoms with van der Waals surface area (Å²) in [5.41, 5.74) is -0.523. The van der Waals surface area contributed by atoms with Crippen LogP contribution in [0.15, 0.2) is 17.1 Å². The van der Waals surface area contributed by atoms with Crippen molar-refractivity contribution in [1.29, 1.82) is 0 Å². The van der Waals surface area contributed by atoms with E-state index >= 15 is 0 Å². The van der Waals surface area contributed by atoms with E-state index in [1.54, 1.807) is 9.47 Å². The molecule has 8 heteroatoms. The molecular weight excluding hydrogens is 375 g/mol. The Balaban J connectivity index is 2.23. The van der Waals surface area contributed by atoms with Gasteiger partial charge in [0.2, 0.25) is 5.43 Å². The number of aliphatic hydroxyl groups is 1. The van der Waals surface area contributed by atoms with E-state index in [4.69, 9.17) is 16.7 Å². The number of aromatic nitrogens is 1. The Bertz CT molecular complexity index is 940. The number of carboxylic acids is 1. The van der Waals surface area contributed by atoms with Gasteiger partial charge in [-0.3, -0.25) is 4.79 Å². The maximum Gasteiger partial charge on any atom is 0.341 e. The van der Waals surface area contributed by atoms with Gasteiger partial charge in [0.25, 0.3) is 0 Å². The zero-order chi connectivity index (χ0) is 19.7. The summed E-state index contributed by atoms with van der Waals surface area (Å²) in [6, 6.07) is 1.16. The van der Waals surface area contributed by atoms with Gasteiger partial charge in [0.15, 0.2) is 0 Å². The lowest BCUT2D eigenvalue weighted by Crippen LogP contribution is -2.26. The summed E-state index contributed by atoms with van der Waals surface area (Å²) in [6.45, 7) is 2.96. The fourth-order valence-electron chi connectivity index (χ4n) is 3.36. The van der Waals surface area contributed by atoms with Crippen molar-refractivity contribution in [3.8, 4) is 0 Å². The normalized spacial score (nSPS) is 13.9. The van der Waals surface area contributed by atoms with E-state index in [1.807, 2.05) is 6.92 Å². The van der Waals surface area contributed by atoms with Crippen LogP contribution in [-0.2, 0) is 0 Å². The molecular formula is C19H22ClFN2O4. The number of halogens is 2. The highest BCUT2D eigenvalue weighted by Crippen LogP contribution is 2.42. The van der Waals surface area contributed by atoms with Crippen LogP contribution in [-0.4, -0.2) is 40.4 Å². The first-order chi connectivity index (χ1) is 12.9. The molecule has 146 valence electrons. The van der Waals surface area contributed by atoms with Gasteiger partial charge in [-0.1, -0.05) is 11.6 Å². The molecule has 1 aromatic heterocycles. The topological polar surface area (TPSA) is 82.8 Å². The van der Waals surface area contributed by atoms with Crippen LogP contribution in [0.2, 0.25) is 5.02 Å². The Hall–Kier alpha value is -2.12. The number of hydrogen-bond donors (Lipinski definition) is 2. The Labute approximate surface area is 160 Å². The van der Waals surface area contributed by atoms with E-state index in [0.717, 1.165) is 18.9 Å². The molecule has 1 aliphatic carbocycles. The first kappa shape index (κ1) is 19.6. The van der Waals surface area contributed by atoms with E-state index in [-0.39, 0.29) is 34.3 Å². The lowest BCUT2D eigenvalue weighted by atomic mass is 10.1. The van der Waals surface area contributed by atoms with Crippen molar-refractivity contribution in [3.05, 3.63) is 38.9 Å². The smallest absolute Gasteiger partial charge is 0.341 e. The van der Waals surface area contributed by atoms with Crippen molar-refractivity contribution in [3.63, 3.8) is 0 Å². The molecule has 0 spiro atoms. The maximum absolute atomic E-state index is 14.9. The number of nitrogens with zero attached hydrogens (tertiary/aromatic N) is 2. The van der Waals surface area contributed by atoms with Gasteiger partial charge in [-0.05, 0) is 38.7 Å². The first-order valence-corrected chi connectivity index (χ1v) is 9.44. The molecule has 2 aromatic rings. The number of unbranched alkanes of at least 4 members (excludes halogenated alkanes) is 1. The van der Waals surface area contributed by atoms with Gasteiger partial charge < -0.3 is 19.7 Å². The van der Waals surface area contributed by atoms with Crippen LogP contribution >= 0.6 is 11.6 Å². The van der Waals surface area contributed by atoms with Crippen LogP contribution in [0.4, 0.5) is 10.1 Å². The van der Waals surface area contributed by atoms with Crippen LogP contribution in [0.5, 0.6) is 0 Å². The quantitative estimate of drug-likeness (QED) is 0.668. The highest BCUT2D eigenvalue weighted by molar-refractivity contribution is 6.38. The van der Waals surface area contributed by atoms with Gasteiger partial charge in [0.1, 0.15) is 11.4 Å². The number of rotatable bonds is 8.